The van der Waals surface area contributed by atoms with Crippen LogP contribution in [0.1, 0.15) is 10.6 Å². The van der Waals surface area contributed by atoms with Crippen molar-refractivity contribution in [3.05, 3.63) is 77.3 Å². The molecule has 3 rings (SSSR count). The molecule has 122 valence electrons. The van der Waals surface area contributed by atoms with Crippen molar-refractivity contribution in [3.63, 3.8) is 0 Å². The lowest BCUT2D eigenvalue weighted by Gasteiger charge is -2.05. The molecule has 0 fully saturated rings. The van der Waals surface area contributed by atoms with E-state index in [1.54, 1.807) is 23.5 Å². The Hall–Kier alpha value is -2.47. The second-order valence-corrected chi connectivity index (χ2v) is 6.18. The van der Waals surface area contributed by atoms with Crippen LogP contribution in [0.2, 0.25) is 0 Å². The van der Waals surface area contributed by atoms with Crippen molar-refractivity contribution in [3.8, 4) is 5.75 Å². The largest absolute Gasteiger partial charge is 0.489 e. The van der Waals surface area contributed by atoms with E-state index >= 15 is 0 Å². The number of hydrogen-bond acceptors (Lipinski definition) is 5. The number of benzene rings is 2. The van der Waals surface area contributed by atoms with E-state index in [2.05, 4.69) is 4.98 Å². The third-order valence-corrected chi connectivity index (χ3v) is 4.24. The maximum absolute atomic E-state index is 8.74. The van der Waals surface area contributed by atoms with Gasteiger partial charge < -0.3 is 14.9 Å². The first kappa shape index (κ1) is 16.4. The third-order valence-electron chi connectivity index (χ3n) is 3.26. The van der Waals surface area contributed by atoms with Gasteiger partial charge in [0, 0.05) is 0 Å². The number of aliphatic hydroxyl groups is 2. The summed E-state index contributed by atoms with van der Waals surface area (Å²) in [5.41, 5.74) is 2.04. The van der Waals surface area contributed by atoms with Crippen LogP contribution in [0.4, 0.5) is 0 Å². The van der Waals surface area contributed by atoms with Gasteiger partial charge in [-0.25, -0.2) is 4.98 Å². The number of rotatable bonds is 6. The lowest BCUT2D eigenvalue weighted by atomic mass is 10.2. The summed E-state index contributed by atoms with van der Waals surface area (Å²) in [5.74, 6) is 0.814. The molecule has 0 amide bonds. The molecule has 4 nitrogen and oxygen atoms in total. The zero-order chi connectivity index (χ0) is 16.8. The molecule has 0 aliphatic heterocycles. The summed E-state index contributed by atoms with van der Waals surface area (Å²) in [7, 11) is 0. The highest BCUT2D eigenvalue weighted by Crippen LogP contribution is 2.27. The lowest BCUT2D eigenvalue weighted by molar-refractivity contribution is 0.00239. The molecule has 1 aromatic heterocycles. The fraction of sp³-hybridized carbons (Fsp3) is 0.105. The van der Waals surface area contributed by atoms with Crippen LogP contribution in [0.5, 0.6) is 5.75 Å². The third kappa shape index (κ3) is 4.52. The van der Waals surface area contributed by atoms with Crippen molar-refractivity contribution in [1.29, 1.82) is 0 Å². The van der Waals surface area contributed by atoms with Gasteiger partial charge in [0.2, 0.25) is 0 Å². The molecule has 5 heteroatoms. The molecule has 0 aliphatic carbocycles. The Bertz CT molecular complexity index is 853. The molecule has 0 saturated heterocycles. The molecule has 3 aromatic rings. The number of aliphatic hydroxyl groups excluding tert-OH is 1. The van der Waals surface area contributed by atoms with Crippen LogP contribution in [-0.2, 0) is 6.61 Å². The molecular weight excluding hydrogens is 322 g/mol. The highest BCUT2D eigenvalue weighted by Gasteiger charge is 2.03. The van der Waals surface area contributed by atoms with Crippen molar-refractivity contribution < 1.29 is 14.9 Å². The first-order chi connectivity index (χ1) is 11.7. The van der Waals surface area contributed by atoms with Crippen LogP contribution < -0.4 is 4.74 Å². The van der Waals surface area contributed by atoms with E-state index in [0.717, 1.165) is 26.5 Å². The highest BCUT2D eigenvalue weighted by atomic mass is 32.1. The van der Waals surface area contributed by atoms with E-state index in [-0.39, 0.29) is 0 Å². The van der Waals surface area contributed by atoms with Crippen molar-refractivity contribution in [2.75, 3.05) is 0 Å². The van der Waals surface area contributed by atoms with Crippen molar-refractivity contribution in [2.45, 2.75) is 12.9 Å². The van der Waals surface area contributed by atoms with Crippen LogP contribution in [0.15, 0.2) is 66.8 Å². The summed E-state index contributed by atoms with van der Waals surface area (Å²) in [5, 5.41) is 18.3. The second kappa shape index (κ2) is 7.88. The number of aromatic nitrogens is 1. The maximum Gasteiger partial charge on any atom is 0.171 e. The normalized spacial score (nSPS) is 12.0. The summed E-state index contributed by atoms with van der Waals surface area (Å²) in [4.78, 5) is 4.51. The summed E-state index contributed by atoms with van der Waals surface area (Å²) >= 11 is 1.56. The first-order valence-electron chi connectivity index (χ1n) is 7.49. The summed E-state index contributed by atoms with van der Waals surface area (Å²) < 4.78 is 6.88. The van der Waals surface area contributed by atoms with E-state index in [9.17, 15) is 0 Å². The fourth-order valence-electron chi connectivity index (χ4n) is 2.13. The molecule has 0 bridgehead atoms. The Labute approximate surface area is 144 Å². The summed E-state index contributed by atoms with van der Waals surface area (Å²) in [6.45, 7) is 0.534. The topological polar surface area (TPSA) is 62.6 Å². The predicted octanol–water partition coefficient (Wildman–Crippen LogP) is 3.76. The average molecular weight is 339 g/mol. The predicted molar refractivity (Wildman–Crippen MR) is 96.8 cm³/mol. The number of nitrogens with zero attached hydrogens (tertiary/aromatic N) is 1. The van der Waals surface area contributed by atoms with Crippen LogP contribution in [0.3, 0.4) is 0 Å². The van der Waals surface area contributed by atoms with Gasteiger partial charge in [0.15, 0.2) is 6.29 Å². The van der Waals surface area contributed by atoms with Crippen molar-refractivity contribution in [1.82, 2.24) is 4.98 Å². The van der Waals surface area contributed by atoms with Gasteiger partial charge in [-0.05, 0) is 35.9 Å². The van der Waals surface area contributed by atoms with Gasteiger partial charge in [0.1, 0.15) is 17.4 Å². The van der Waals surface area contributed by atoms with E-state index < -0.39 is 6.29 Å². The molecule has 0 radical (unpaired) electrons. The lowest BCUT2D eigenvalue weighted by Crippen LogP contribution is -1.96. The molecule has 2 N–H and O–H groups in total. The summed E-state index contributed by atoms with van der Waals surface area (Å²) in [6.07, 6.45) is 4.97. The molecular formula is C19H17NO3S. The molecule has 0 spiro atoms. The molecule has 0 aliphatic rings. The Balaban J connectivity index is 1.69. The number of ether oxygens (including phenoxy) is 1. The zero-order valence-corrected chi connectivity index (χ0v) is 13.7. The first-order valence-corrected chi connectivity index (χ1v) is 8.31. The minimum Gasteiger partial charge on any atom is -0.489 e. The van der Waals surface area contributed by atoms with Crippen molar-refractivity contribution in [2.24, 2.45) is 0 Å². The molecule has 0 atom stereocenters. The molecule has 2 aromatic carbocycles. The Kier molecular flexibility index (Phi) is 5.38. The van der Waals surface area contributed by atoms with Gasteiger partial charge in [-0.3, -0.25) is 0 Å². The van der Waals surface area contributed by atoms with E-state index in [4.69, 9.17) is 14.9 Å². The van der Waals surface area contributed by atoms with Gasteiger partial charge in [0.05, 0.1) is 10.2 Å². The van der Waals surface area contributed by atoms with E-state index in [1.165, 1.54) is 6.08 Å². The Morgan fingerprint density at radius 2 is 1.92 bits per heavy atom. The van der Waals surface area contributed by atoms with Crippen molar-refractivity contribution >= 4 is 27.6 Å². The smallest absolute Gasteiger partial charge is 0.171 e. The summed E-state index contributed by atoms with van der Waals surface area (Å²) in [6, 6.07) is 15.9. The second-order valence-electron chi connectivity index (χ2n) is 5.11. The molecule has 0 saturated carbocycles. The number of fused-ring (bicyclic) bond motifs is 1. The minimum atomic E-state index is -1.44. The molecule has 24 heavy (non-hydrogen) atoms. The van der Waals surface area contributed by atoms with Gasteiger partial charge in [0.25, 0.3) is 0 Å². The number of hydrogen-bond donors (Lipinski definition) is 2. The fourth-order valence-corrected chi connectivity index (χ4v) is 3.04. The Morgan fingerprint density at radius 1 is 1.08 bits per heavy atom. The van der Waals surface area contributed by atoms with E-state index in [0.29, 0.717) is 6.61 Å². The molecule has 0 unspecified atom stereocenters. The maximum atomic E-state index is 8.74. The van der Waals surface area contributed by atoms with Crippen LogP contribution in [-0.4, -0.2) is 21.5 Å². The van der Waals surface area contributed by atoms with Crippen LogP contribution in [0.25, 0.3) is 16.3 Å². The van der Waals surface area contributed by atoms with E-state index in [1.807, 2.05) is 54.6 Å². The standard InChI is InChI=1S/C19H17NO3S/c21-19(22)9-5-4-8-18-20-16-11-10-15(12-17(16)24-18)23-13-14-6-2-1-3-7-14/h1-12,19,21-22H,13H2. The van der Waals surface area contributed by atoms with Gasteiger partial charge in [-0.1, -0.05) is 42.5 Å². The van der Waals surface area contributed by atoms with Gasteiger partial charge in [-0.15, -0.1) is 11.3 Å². The Morgan fingerprint density at radius 3 is 2.71 bits per heavy atom. The van der Waals surface area contributed by atoms with Gasteiger partial charge in [-0.2, -0.15) is 0 Å². The quantitative estimate of drug-likeness (QED) is 0.530. The van der Waals surface area contributed by atoms with Crippen LogP contribution in [0, 0.1) is 0 Å². The monoisotopic (exact) mass is 339 g/mol. The minimum absolute atomic E-state index is 0.534. The molecule has 1 heterocycles. The highest BCUT2D eigenvalue weighted by molar-refractivity contribution is 7.19. The number of allylic oxidation sites excluding steroid dienone is 2. The van der Waals surface area contributed by atoms with Gasteiger partial charge >= 0.3 is 0 Å². The SMILES string of the molecule is OC(O)C=CC=Cc1nc2ccc(OCc3ccccc3)cc2s1. The number of thiazole rings is 1. The zero-order valence-electron chi connectivity index (χ0n) is 12.9. The average Bonchev–Trinajstić information content (AvgIpc) is 2.99. The van der Waals surface area contributed by atoms with Crippen LogP contribution >= 0.6 is 11.3 Å².